The molecule has 0 bridgehead atoms. The zero-order chi connectivity index (χ0) is 15.1. The number of fused-ring (bicyclic) bond motifs is 1. The molecule has 2 heterocycles. The van der Waals surface area contributed by atoms with E-state index in [1.807, 2.05) is 60.7 Å². The van der Waals surface area contributed by atoms with Crippen molar-refractivity contribution >= 4 is 17.5 Å². The number of carbonyl (C=O) groups excluding carboxylic acids is 2. The van der Waals surface area contributed by atoms with E-state index < -0.39 is 5.92 Å². The van der Waals surface area contributed by atoms with Gasteiger partial charge in [0.15, 0.2) is 0 Å². The molecule has 0 radical (unpaired) electrons. The normalized spacial score (nSPS) is 23.3. The van der Waals surface area contributed by atoms with E-state index in [2.05, 4.69) is 10.6 Å². The van der Waals surface area contributed by atoms with Gasteiger partial charge in [0, 0.05) is 0 Å². The lowest BCUT2D eigenvalue weighted by Gasteiger charge is -2.15. The number of rotatable bonds is 2. The molecule has 2 aliphatic rings. The summed E-state index contributed by atoms with van der Waals surface area (Å²) in [5.74, 6) is -0.762. The van der Waals surface area contributed by atoms with Crippen molar-refractivity contribution in [3.63, 3.8) is 0 Å². The Labute approximate surface area is 127 Å². The lowest BCUT2D eigenvalue weighted by Crippen LogP contribution is -2.29. The van der Waals surface area contributed by atoms with E-state index in [-0.39, 0.29) is 17.9 Å². The van der Waals surface area contributed by atoms with Crippen molar-refractivity contribution in [2.24, 2.45) is 5.92 Å². The van der Waals surface area contributed by atoms with E-state index in [1.165, 1.54) is 0 Å². The Morgan fingerprint density at radius 3 is 2.14 bits per heavy atom. The summed E-state index contributed by atoms with van der Waals surface area (Å²) in [5, 5.41) is 5.83. The summed E-state index contributed by atoms with van der Waals surface area (Å²) < 4.78 is 0. The number of carbonyl (C=O) groups is 2. The number of hydrogen-bond acceptors (Lipinski definition) is 2. The minimum atomic E-state index is -0.467. The summed E-state index contributed by atoms with van der Waals surface area (Å²) in [4.78, 5) is 24.8. The smallest absolute Gasteiger partial charge is 0.250 e. The largest absolute Gasteiger partial charge is 0.344 e. The van der Waals surface area contributed by atoms with Gasteiger partial charge in [0.05, 0.1) is 23.2 Å². The highest BCUT2D eigenvalue weighted by atomic mass is 16.2. The molecular weight excluding hydrogens is 276 g/mol. The Hall–Kier alpha value is -2.88. The van der Waals surface area contributed by atoms with E-state index >= 15 is 0 Å². The summed E-state index contributed by atoms with van der Waals surface area (Å²) >= 11 is 0. The van der Waals surface area contributed by atoms with Crippen molar-refractivity contribution in [3.05, 3.63) is 77.4 Å². The van der Waals surface area contributed by atoms with Gasteiger partial charge in [-0.05, 0) is 11.1 Å². The van der Waals surface area contributed by atoms with Crippen LogP contribution in [0.2, 0.25) is 0 Å². The lowest BCUT2D eigenvalue weighted by atomic mass is 9.91. The maximum Gasteiger partial charge on any atom is 0.250 e. The van der Waals surface area contributed by atoms with Gasteiger partial charge >= 0.3 is 0 Å². The summed E-state index contributed by atoms with van der Waals surface area (Å²) in [6, 6.07) is 18.8. The minimum Gasteiger partial charge on any atom is -0.344 e. The van der Waals surface area contributed by atoms with Crippen molar-refractivity contribution in [1.29, 1.82) is 0 Å². The summed E-state index contributed by atoms with van der Waals surface area (Å²) in [6.45, 7) is 0. The van der Waals surface area contributed by atoms with E-state index in [9.17, 15) is 9.59 Å². The van der Waals surface area contributed by atoms with E-state index in [0.717, 1.165) is 11.1 Å². The molecule has 0 spiro atoms. The maximum absolute atomic E-state index is 12.4. The van der Waals surface area contributed by atoms with Crippen molar-refractivity contribution in [1.82, 2.24) is 10.6 Å². The second kappa shape index (κ2) is 4.84. The van der Waals surface area contributed by atoms with Crippen molar-refractivity contribution in [2.75, 3.05) is 0 Å². The van der Waals surface area contributed by atoms with E-state index in [0.29, 0.717) is 11.3 Å². The fourth-order valence-electron chi connectivity index (χ4n) is 3.20. The molecule has 0 aromatic heterocycles. The van der Waals surface area contributed by atoms with Crippen LogP contribution in [0.15, 0.2) is 66.2 Å². The molecule has 4 rings (SSSR count). The molecule has 0 saturated carbocycles. The molecule has 2 unspecified atom stereocenters. The fraction of sp³-hybridized carbons (Fsp3) is 0.111. The molecule has 1 saturated heterocycles. The first-order valence-corrected chi connectivity index (χ1v) is 7.22. The monoisotopic (exact) mass is 290 g/mol. The average Bonchev–Trinajstić information content (AvgIpc) is 3.09. The minimum absolute atomic E-state index is 0.124. The summed E-state index contributed by atoms with van der Waals surface area (Å²) in [6.07, 6.45) is 0. The van der Waals surface area contributed by atoms with E-state index in [1.54, 1.807) is 0 Å². The summed E-state index contributed by atoms with van der Waals surface area (Å²) in [7, 11) is 0. The van der Waals surface area contributed by atoms with Crippen molar-refractivity contribution < 1.29 is 9.59 Å². The van der Waals surface area contributed by atoms with Crippen molar-refractivity contribution in [2.45, 2.75) is 6.04 Å². The molecule has 2 atom stereocenters. The second-order valence-electron chi connectivity index (χ2n) is 5.48. The first-order chi connectivity index (χ1) is 10.8. The average molecular weight is 290 g/mol. The number of amides is 2. The molecular formula is C18H14N2O2. The SMILES string of the molecule is O=C1NC(c2ccccc2)C2C(=O)NC(c3ccccc3)=C12. The van der Waals surface area contributed by atoms with Crippen LogP contribution in [-0.2, 0) is 9.59 Å². The number of hydrogen-bond donors (Lipinski definition) is 2. The van der Waals surface area contributed by atoms with Gasteiger partial charge in [-0.15, -0.1) is 0 Å². The second-order valence-corrected chi connectivity index (χ2v) is 5.48. The molecule has 2 amide bonds. The molecule has 2 aromatic rings. The van der Waals surface area contributed by atoms with Gasteiger partial charge in [-0.1, -0.05) is 60.7 Å². The molecule has 2 aromatic carbocycles. The molecule has 1 fully saturated rings. The van der Waals surface area contributed by atoms with Crippen LogP contribution in [0.5, 0.6) is 0 Å². The van der Waals surface area contributed by atoms with E-state index in [4.69, 9.17) is 0 Å². The Bertz CT molecular complexity index is 781. The summed E-state index contributed by atoms with van der Waals surface area (Å²) in [5.41, 5.74) is 2.98. The van der Waals surface area contributed by atoms with Crippen LogP contribution in [0.1, 0.15) is 17.2 Å². The Kier molecular flexibility index (Phi) is 2.82. The van der Waals surface area contributed by atoms with Gasteiger partial charge < -0.3 is 10.6 Å². The Morgan fingerprint density at radius 2 is 1.45 bits per heavy atom. The molecule has 2 aliphatic heterocycles. The maximum atomic E-state index is 12.4. The number of benzene rings is 2. The molecule has 4 heteroatoms. The van der Waals surface area contributed by atoms with Gasteiger partial charge in [-0.3, -0.25) is 9.59 Å². The van der Waals surface area contributed by atoms with Crippen LogP contribution in [0, 0.1) is 5.92 Å². The first-order valence-electron chi connectivity index (χ1n) is 7.22. The number of nitrogens with one attached hydrogen (secondary N) is 2. The van der Waals surface area contributed by atoms with Crippen molar-refractivity contribution in [3.8, 4) is 0 Å². The Balaban J connectivity index is 1.82. The van der Waals surface area contributed by atoms with Gasteiger partial charge in [0.2, 0.25) is 5.91 Å². The quantitative estimate of drug-likeness (QED) is 0.889. The lowest BCUT2D eigenvalue weighted by molar-refractivity contribution is -0.122. The van der Waals surface area contributed by atoms with Crippen LogP contribution < -0.4 is 10.6 Å². The molecule has 0 aliphatic carbocycles. The third-order valence-corrected chi connectivity index (χ3v) is 4.20. The molecule has 22 heavy (non-hydrogen) atoms. The van der Waals surface area contributed by atoms with Gasteiger partial charge in [-0.25, -0.2) is 0 Å². The third-order valence-electron chi connectivity index (χ3n) is 4.20. The molecule has 108 valence electrons. The predicted octanol–water partition coefficient (Wildman–Crippen LogP) is 2.01. The van der Waals surface area contributed by atoms with Gasteiger partial charge in [-0.2, -0.15) is 0 Å². The van der Waals surface area contributed by atoms with Crippen LogP contribution in [-0.4, -0.2) is 11.8 Å². The zero-order valence-corrected chi connectivity index (χ0v) is 11.7. The van der Waals surface area contributed by atoms with Gasteiger partial charge in [0.1, 0.15) is 0 Å². The molecule has 4 nitrogen and oxygen atoms in total. The van der Waals surface area contributed by atoms with Crippen LogP contribution in [0.4, 0.5) is 0 Å². The third kappa shape index (κ3) is 1.84. The topological polar surface area (TPSA) is 58.2 Å². The highest BCUT2D eigenvalue weighted by Crippen LogP contribution is 2.41. The molecule has 2 N–H and O–H groups in total. The van der Waals surface area contributed by atoms with Crippen LogP contribution in [0.25, 0.3) is 5.70 Å². The zero-order valence-electron chi connectivity index (χ0n) is 11.7. The fourth-order valence-corrected chi connectivity index (χ4v) is 3.20. The van der Waals surface area contributed by atoms with Crippen LogP contribution >= 0.6 is 0 Å². The first kappa shape index (κ1) is 12.8. The van der Waals surface area contributed by atoms with Crippen LogP contribution in [0.3, 0.4) is 0 Å². The highest BCUT2D eigenvalue weighted by molar-refractivity contribution is 6.15. The highest BCUT2D eigenvalue weighted by Gasteiger charge is 2.48. The predicted molar refractivity (Wildman–Crippen MR) is 82.3 cm³/mol. The standard InChI is InChI=1S/C18H14N2O2/c21-17-13-14(16(20-17)12-9-5-2-6-10-12)18(22)19-15(13)11-7-3-1-4-8-11/h1-10,13,15H,(H,19,22)(H,20,21). The Morgan fingerprint density at radius 1 is 0.818 bits per heavy atom. The van der Waals surface area contributed by atoms with Gasteiger partial charge in [0.25, 0.3) is 5.91 Å².